The summed E-state index contributed by atoms with van der Waals surface area (Å²) in [6.45, 7) is 1.74. The first-order valence-corrected chi connectivity index (χ1v) is 5.79. The molecule has 4 heteroatoms. The Kier molecular flexibility index (Phi) is 4.27. The summed E-state index contributed by atoms with van der Waals surface area (Å²) in [4.78, 5) is 10.3. The summed E-state index contributed by atoms with van der Waals surface area (Å²) < 4.78 is 26.9. The standard InChI is InChI=1S/C11H12F2OS/c1-7(5-6-14)8-3-4-9(12)11(15-2)10(8)13/h3-4,6-7H,5H2,1-2H3. The van der Waals surface area contributed by atoms with Gasteiger partial charge in [-0.05, 0) is 23.8 Å². The van der Waals surface area contributed by atoms with E-state index in [0.717, 1.165) is 18.0 Å². The van der Waals surface area contributed by atoms with Crippen LogP contribution in [0.5, 0.6) is 0 Å². The van der Waals surface area contributed by atoms with E-state index in [1.807, 2.05) is 0 Å². The number of halogens is 2. The SMILES string of the molecule is CSc1c(F)ccc(C(C)CC=O)c1F. The first-order valence-electron chi connectivity index (χ1n) is 4.57. The van der Waals surface area contributed by atoms with Crippen molar-refractivity contribution in [3.05, 3.63) is 29.3 Å². The molecule has 0 saturated carbocycles. The number of benzene rings is 1. The monoisotopic (exact) mass is 230 g/mol. The van der Waals surface area contributed by atoms with Gasteiger partial charge in [0.15, 0.2) is 0 Å². The van der Waals surface area contributed by atoms with E-state index in [4.69, 9.17) is 0 Å². The van der Waals surface area contributed by atoms with E-state index in [-0.39, 0.29) is 17.2 Å². The molecule has 0 aliphatic carbocycles. The molecule has 1 nitrogen and oxygen atoms in total. The summed E-state index contributed by atoms with van der Waals surface area (Å²) in [7, 11) is 0. The third-order valence-corrected chi connectivity index (χ3v) is 3.05. The summed E-state index contributed by atoms with van der Waals surface area (Å²) in [6, 6.07) is 2.64. The van der Waals surface area contributed by atoms with Crippen LogP contribution in [-0.4, -0.2) is 12.5 Å². The van der Waals surface area contributed by atoms with Gasteiger partial charge in [0.1, 0.15) is 17.9 Å². The zero-order chi connectivity index (χ0) is 11.4. The van der Waals surface area contributed by atoms with Crippen molar-refractivity contribution in [2.24, 2.45) is 0 Å². The largest absolute Gasteiger partial charge is 0.303 e. The summed E-state index contributed by atoms with van der Waals surface area (Å²) in [6.07, 6.45) is 2.61. The summed E-state index contributed by atoms with van der Waals surface area (Å²) in [5.74, 6) is -1.31. The third-order valence-electron chi connectivity index (χ3n) is 2.26. The highest BCUT2D eigenvalue weighted by Gasteiger charge is 2.16. The molecule has 0 fully saturated rings. The molecule has 1 rings (SSSR count). The average Bonchev–Trinajstić information content (AvgIpc) is 2.18. The van der Waals surface area contributed by atoms with Gasteiger partial charge in [-0.15, -0.1) is 11.8 Å². The molecule has 0 bridgehead atoms. The lowest BCUT2D eigenvalue weighted by Crippen LogP contribution is -2.01. The van der Waals surface area contributed by atoms with Crippen molar-refractivity contribution in [2.75, 3.05) is 6.26 Å². The van der Waals surface area contributed by atoms with E-state index in [9.17, 15) is 13.6 Å². The molecule has 0 spiro atoms. The Morgan fingerprint density at radius 2 is 2.13 bits per heavy atom. The molecule has 1 atom stereocenters. The van der Waals surface area contributed by atoms with Crippen LogP contribution >= 0.6 is 11.8 Å². The Morgan fingerprint density at radius 3 is 2.67 bits per heavy atom. The number of carbonyl (C=O) groups excluding carboxylic acids is 1. The lowest BCUT2D eigenvalue weighted by molar-refractivity contribution is -0.108. The molecule has 0 radical (unpaired) electrons. The summed E-state index contributed by atoms with van der Waals surface area (Å²) >= 11 is 1.03. The first-order chi connectivity index (χ1) is 7.11. The van der Waals surface area contributed by atoms with Gasteiger partial charge in [0, 0.05) is 6.42 Å². The van der Waals surface area contributed by atoms with Gasteiger partial charge in [-0.3, -0.25) is 0 Å². The van der Waals surface area contributed by atoms with Gasteiger partial charge in [-0.2, -0.15) is 0 Å². The van der Waals surface area contributed by atoms with E-state index in [1.165, 1.54) is 12.1 Å². The second-order valence-corrected chi connectivity index (χ2v) is 4.10. The topological polar surface area (TPSA) is 17.1 Å². The maximum atomic E-state index is 13.7. The molecule has 0 aromatic heterocycles. The van der Waals surface area contributed by atoms with Crippen LogP contribution in [0, 0.1) is 11.6 Å². The Bertz CT molecular complexity index is 366. The van der Waals surface area contributed by atoms with Crippen LogP contribution in [0.4, 0.5) is 8.78 Å². The van der Waals surface area contributed by atoms with Crippen LogP contribution in [0.1, 0.15) is 24.8 Å². The number of thioether (sulfide) groups is 1. The Hall–Kier alpha value is -0.900. The van der Waals surface area contributed by atoms with Crippen LogP contribution < -0.4 is 0 Å². The van der Waals surface area contributed by atoms with E-state index in [2.05, 4.69) is 0 Å². The van der Waals surface area contributed by atoms with Crippen LogP contribution in [0.25, 0.3) is 0 Å². The van der Waals surface area contributed by atoms with Crippen molar-refractivity contribution >= 4 is 18.0 Å². The molecule has 82 valence electrons. The molecule has 0 amide bonds. The predicted octanol–water partition coefficient (Wildman–Crippen LogP) is 3.38. The van der Waals surface area contributed by atoms with Crippen molar-refractivity contribution in [1.29, 1.82) is 0 Å². The van der Waals surface area contributed by atoms with Crippen LogP contribution in [0.15, 0.2) is 17.0 Å². The Morgan fingerprint density at radius 1 is 1.47 bits per heavy atom. The quantitative estimate of drug-likeness (QED) is 0.582. The lowest BCUT2D eigenvalue weighted by Gasteiger charge is -2.12. The fraction of sp³-hybridized carbons (Fsp3) is 0.364. The number of carbonyl (C=O) groups is 1. The van der Waals surface area contributed by atoms with Crippen molar-refractivity contribution in [3.63, 3.8) is 0 Å². The molecule has 0 aliphatic rings. The third kappa shape index (κ3) is 2.56. The van der Waals surface area contributed by atoms with Gasteiger partial charge in [-0.25, -0.2) is 8.78 Å². The van der Waals surface area contributed by atoms with Gasteiger partial charge < -0.3 is 4.79 Å². The highest BCUT2D eigenvalue weighted by atomic mass is 32.2. The number of hydrogen-bond acceptors (Lipinski definition) is 2. The lowest BCUT2D eigenvalue weighted by atomic mass is 9.98. The zero-order valence-electron chi connectivity index (χ0n) is 8.59. The van der Waals surface area contributed by atoms with Crippen molar-refractivity contribution < 1.29 is 13.6 Å². The van der Waals surface area contributed by atoms with E-state index in [0.29, 0.717) is 5.56 Å². The molecule has 1 aromatic carbocycles. The minimum atomic E-state index is -0.554. The summed E-state index contributed by atoms with van der Waals surface area (Å²) in [5.41, 5.74) is 0.396. The molecule has 15 heavy (non-hydrogen) atoms. The number of rotatable bonds is 4. The second-order valence-electron chi connectivity index (χ2n) is 3.29. The Labute approximate surface area is 91.9 Å². The zero-order valence-corrected chi connectivity index (χ0v) is 9.41. The van der Waals surface area contributed by atoms with Gasteiger partial charge in [0.2, 0.25) is 0 Å². The maximum Gasteiger partial charge on any atom is 0.143 e. The minimum Gasteiger partial charge on any atom is -0.303 e. The fourth-order valence-electron chi connectivity index (χ4n) is 1.39. The molecule has 0 N–H and O–H groups in total. The molecule has 0 aliphatic heterocycles. The van der Waals surface area contributed by atoms with Crippen LogP contribution in [-0.2, 0) is 4.79 Å². The van der Waals surface area contributed by atoms with Gasteiger partial charge in [0.05, 0.1) is 4.90 Å². The fourth-order valence-corrected chi connectivity index (χ4v) is 1.95. The van der Waals surface area contributed by atoms with Gasteiger partial charge >= 0.3 is 0 Å². The van der Waals surface area contributed by atoms with Crippen LogP contribution in [0.2, 0.25) is 0 Å². The maximum absolute atomic E-state index is 13.7. The summed E-state index contributed by atoms with van der Waals surface area (Å²) in [5, 5.41) is 0. The number of hydrogen-bond donors (Lipinski definition) is 0. The molecular weight excluding hydrogens is 218 g/mol. The number of aldehydes is 1. The molecule has 1 aromatic rings. The van der Waals surface area contributed by atoms with E-state index in [1.54, 1.807) is 13.2 Å². The normalized spacial score (nSPS) is 12.5. The smallest absolute Gasteiger partial charge is 0.143 e. The van der Waals surface area contributed by atoms with Crippen molar-refractivity contribution in [2.45, 2.75) is 24.2 Å². The van der Waals surface area contributed by atoms with Gasteiger partial charge in [0.25, 0.3) is 0 Å². The van der Waals surface area contributed by atoms with Crippen molar-refractivity contribution in [1.82, 2.24) is 0 Å². The molecule has 0 heterocycles. The first kappa shape index (κ1) is 12.2. The minimum absolute atomic E-state index is 0.0187. The van der Waals surface area contributed by atoms with Crippen molar-refractivity contribution in [3.8, 4) is 0 Å². The van der Waals surface area contributed by atoms with Gasteiger partial charge in [-0.1, -0.05) is 13.0 Å². The molecule has 0 saturated heterocycles. The average molecular weight is 230 g/mol. The van der Waals surface area contributed by atoms with Crippen LogP contribution in [0.3, 0.4) is 0 Å². The second kappa shape index (κ2) is 5.26. The van der Waals surface area contributed by atoms with E-state index >= 15 is 0 Å². The predicted molar refractivity (Wildman–Crippen MR) is 57.2 cm³/mol. The van der Waals surface area contributed by atoms with E-state index < -0.39 is 11.6 Å². The highest BCUT2D eigenvalue weighted by molar-refractivity contribution is 7.98. The Balaban J connectivity index is 3.14. The molecule has 1 unspecified atom stereocenters. The molecular formula is C11H12F2OS. The highest BCUT2D eigenvalue weighted by Crippen LogP contribution is 2.30.